The SMILES string of the molecule is CCNCc1cc(C)n(C2CC2)c1C. The third-order valence-corrected chi connectivity index (χ3v) is 3.07. The smallest absolute Gasteiger partial charge is 0.0337 e. The van der Waals surface area contributed by atoms with Crippen LogP contribution in [0.1, 0.15) is 42.8 Å². The van der Waals surface area contributed by atoms with Crippen molar-refractivity contribution in [2.75, 3.05) is 6.54 Å². The van der Waals surface area contributed by atoms with Crippen LogP contribution in [0.5, 0.6) is 0 Å². The molecule has 0 atom stereocenters. The Kier molecular flexibility index (Phi) is 2.64. The van der Waals surface area contributed by atoms with Gasteiger partial charge in [0.05, 0.1) is 0 Å². The molecule has 0 spiro atoms. The predicted molar refractivity (Wildman–Crippen MR) is 59.6 cm³/mol. The maximum absolute atomic E-state index is 3.39. The molecule has 1 aromatic heterocycles. The van der Waals surface area contributed by atoms with Gasteiger partial charge in [-0.05, 0) is 44.9 Å². The van der Waals surface area contributed by atoms with E-state index in [9.17, 15) is 0 Å². The summed E-state index contributed by atoms with van der Waals surface area (Å²) in [5.74, 6) is 0. The van der Waals surface area contributed by atoms with E-state index in [0.29, 0.717) is 0 Å². The molecule has 0 radical (unpaired) electrons. The van der Waals surface area contributed by atoms with Gasteiger partial charge < -0.3 is 9.88 Å². The zero-order chi connectivity index (χ0) is 10.1. The second kappa shape index (κ2) is 3.77. The maximum atomic E-state index is 3.39. The van der Waals surface area contributed by atoms with Crippen LogP contribution < -0.4 is 5.32 Å². The zero-order valence-corrected chi connectivity index (χ0v) is 9.43. The molecular formula is C12H20N2. The Morgan fingerprint density at radius 3 is 2.71 bits per heavy atom. The Balaban J connectivity index is 2.20. The first-order valence-corrected chi connectivity index (χ1v) is 5.62. The summed E-state index contributed by atoms with van der Waals surface area (Å²) in [4.78, 5) is 0. The maximum Gasteiger partial charge on any atom is 0.0337 e. The summed E-state index contributed by atoms with van der Waals surface area (Å²) in [5.41, 5.74) is 4.36. The van der Waals surface area contributed by atoms with Crippen LogP contribution >= 0.6 is 0 Å². The molecule has 0 unspecified atom stereocenters. The predicted octanol–water partition coefficient (Wildman–Crippen LogP) is 2.55. The van der Waals surface area contributed by atoms with Gasteiger partial charge in [0, 0.05) is 24.0 Å². The molecule has 2 nitrogen and oxygen atoms in total. The van der Waals surface area contributed by atoms with E-state index in [-0.39, 0.29) is 0 Å². The summed E-state index contributed by atoms with van der Waals surface area (Å²) < 4.78 is 2.51. The molecular weight excluding hydrogens is 172 g/mol. The van der Waals surface area contributed by atoms with Gasteiger partial charge in [-0.1, -0.05) is 6.92 Å². The molecule has 1 saturated carbocycles. The van der Waals surface area contributed by atoms with E-state index in [1.165, 1.54) is 29.8 Å². The topological polar surface area (TPSA) is 17.0 Å². The van der Waals surface area contributed by atoms with Crippen molar-refractivity contribution >= 4 is 0 Å². The van der Waals surface area contributed by atoms with E-state index < -0.39 is 0 Å². The van der Waals surface area contributed by atoms with Crippen molar-refractivity contribution in [2.45, 2.75) is 46.2 Å². The van der Waals surface area contributed by atoms with E-state index >= 15 is 0 Å². The summed E-state index contributed by atoms with van der Waals surface area (Å²) in [6, 6.07) is 3.14. The molecule has 0 aliphatic heterocycles. The van der Waals surface area contributed by atoms with Crippen LogP contribution in [0.25, 0.3) is 0 Å². The monoisotopic (exact) mass is 192 g/mol. The first-order valence-electron chi connectivity index (χ1n) is 5.62. The molecule has 0 amide bonds. The lowest BCUT2D eigenvalue weighted by Gasteiger charge is -2.07. The molecule has 2 heteroatoms. The molecule has 1 aromatic rings. The van der Waals surface area contributed by atoms with Crippen molar-refractivity contribution < 1.29 is 0 Å². The molecule has 1 heterocycles. The average molecular weight is 192 g/mol. The fourth-order valence-electron chi connectivity index (χ4n) is 2.18. The second-order valence-electron chi connectivity index (χ2n) is 4.28. The molecule has 0 saturated heterocycles. The van der Waals surface area contributed by atoms with Gasteiger partial charge in [0.15, 0.2) is 0 Å². The Morgan fingerprint density at radius 1 is 1.43 bits per heavy atom. The van der Waals surface area contributed by atoms with Crippen LogP contribution in [0.2, 0.25) is 0 Å². The second-order valence-corrected chi connectivity index (χ2v) is 4.28. The van der Waals surface area contributed by atoms with Gasteiger partial charge >= 0.3 is 0 Å². The molecule has 1 fully saturated rings. The molecule has 1 aliphatic carbocycles. The van der Waals surface area contributed by atoms with Crippen molar-refractivity contribution in [2.24, 2.45) is 0 Å². The molecule has 14 heavy (non-hydrogen) atoms. The van der Waals surface area contributed by atoms with Gasteiger partial charge in [-0.15, -0.1) is 0 Å². The average Bonchev–Trinajstić information content (AvgIpc) is 2.92. The van der Waals surface area contributed by atoms with Crippen LogP contribution in [0, 0.1) is 13.8 Å². The van der Waals surface area contributed by atoms with Gasteiger partial charge in [0.1, 0.15) is 0 Å². The Morgan fingerprint density at radius 2 is 2.14 bits per heavy atom. The lowest BCUT2D eigenvalue weighted by molar-refractivity contribution is 0.681. The van der Waals surface area contributed by atoms with Crippen LogP contribution in [0.15, 0.2) is 6.07 Å². The summed E-state index contributed by atoms with van der Waals surface area (Å²) in [5, 5.41) is 3.39. The molecule has 2 rings (SSSR count). The standard InChI is InChI=1S/C12H20N2/c1-4-13-8-11-7-9(2)14(10(11)3)12-5-6-12/h7,12-13H,4-6,8H2,1-3H3. The van der Waals surface area contributed by atoms with Crippen molar-refractivity contribution in [3.8, 4) is 0 Å². The number of hydrogen-bond donors (Lipinski definition) is 1. The fourth-order valence-corrected chi connectivity index (χ4v) is 2.18. The molecule has 78 valence electrons. The van der Waals surface area contributed by atoms with E-state index in [2.05, 4.69) is 36.7 Å². The highest BCUT2D eigenvalue weighted by atomic mass is 15.1. The fraction of sp³-hybridized carbons (Fsp3) is 0.667. The highest BCUT2D eigenvalue weighted by Gasteiger charge is 2.26. The van der Waals surface area contributed by atoms with Crippen LogP contribution in [-0.4, -0.2) is 11.1 Å². The van der Waals surface area contributed by atoms with Gasteiger partial charge in [0.2, 0.25) is 0 Å². The van der Waals surface area contributed by atoms with E-state index in [0.717, 1.165) is 19.1 Å². The van der Waals surface area contributed by atoms with E-state index in [1.54, 1.807) is 0 Å². The summed E-state index contributed by atoms with van der Waals surface area (Å²) in [6.45, 7) is 8.69. The third-order valence-electron chi connectivity index (χ3n) is 3.07. The summed E-state index contributed by atoms with van der Waals surface area (Å²) in [6.07, 6.45) is 2.74. The minimum absolute atomic E-state index is 0.811. The first kappa shape index (κ1) is 9.78. The lowest BCUT2D eigenvalue weighted by atomic mass is 10.2. The van der Waals surface area contributed by atoms with Gasteiger partial charge in [-0.3, -0.25) is 0 Å². The number of aromatic nitrogens is 1. The highest BCUT2D eigenvalue weighted by Crippen LogP contribution is 2.38. The number of hydrogen-bond acceptors (Lipinski definition) is 1. The highest BCUT2D eigenvalue weighted by molar-refractivity contribution is 5.28. The third kappa shape index (κ3) is 1.71. The molecule has 0 aromatic carbocycles. The largest absolute Gasteiger partial charge is 0.346 e. The van der Waals surface area contributed by atoms with Crippen LogP contribution in [-0.2, 0) is 6.54 Å². The lowest BCUT2D eigenvalue weighted by Crippen LogP contribution is -2.12. The minimum Gasteiger partial charge on any atom is -0.346 e. The zero-order valence-electron chi connectivity index (χ0n) is 9.43. The van der Waals surface area contributed by atoms with Crippen molar-refractivity contribution in [1.29, 1.82) is 0 Å². The quantitative estimate of drug-likeness (QED) is 0.775. The Labute approximate surface area is 86.3 Å². The van der Waals surface area contributed by atoms with Gasteiger partial charge in [-0.25, -0.2) is 0 Å². The Hall–Kier alpha value is -0.760. The van der Waals surface area contributed by atoms with E-state index in [4.69, 9.17) is 0 Å². The number of nitrogens with zero attached hydrogens (tertiary/aromatic N) is 1. The Bertz CT molecular complexity index is 321. The molecule has 1 N–H and O–H groups in total. The summed E-state index contributed by atoms with van der Waals surface area (Å²) >= 11 is 0. The first-order chi connectivity index (χ1) is 6.74. The minimum atomic E-state index is 0.811. The van der Waals surface area contributed by atoms with Crippen molar-refractivity contribution in [3.63, 3.8) is 0 Å². The number of aryl methyl sites for hydroxylation is 1. The number of nitrogens with one attached hydrogen (secondary N) is 1. The van der Waals surface area contributed by atoms with Crippen LogP contribution in [0.3, 0.4) is 0 Å². The van der Waals surface area contributed by atoms with E-state index in [1.807, 2.05) is 0 Å². The molecule has 1 aliphatic rings. The summed E-state index contributed by atoms with van der Waals surface area (Å²) in [7, 11) is 0. The van der Waals surface area contributed by atoms with Crippen molar-refractivity contribution in [3.05, 3.63) is 23.0 Å². The normalized spacial score (nSPS) is 16.2. The van der Waals surface area contributed by atoms with Gasteiger partial charge in [0.25, 0.3) is 0 Å². The number of rotatable bonds is 4. The van der Waals surface area contributed by atoms with Crippen molar-refractivity contribution in [1.82, 2.24) is 9.88 Å². The van der Waals surface area contributed by atoms with Gasteiger partial charge in [-0.2, -0.15) is 0 Å². The van der Waals surface area contributed by atoms with Crippen LogP contribution in [0.4, 0.5) is 0 Å². The molecule has 0 bridgehead atoms.